The van der Waals surface area contributed by atoms with Gasteiger partial charge in [-0.2, -0.15) is 0 Å². The molecule has 0 spiro atoms. The van der Waals surface area contributed by atoms with Gasteiger partial charge in [-0.25, -0.2) is 4.68 Å². The van der Waals surface area contributed by atoms with Gasteiger partial charge < -0.3 is 14.5 Å². The van der Waals surface area contributed by atoms with Crippen LogP contribution in [0.15, 0.2) is 46.9 Å². The van der Waals surface area contributed by atoms with Crippen LogP contribution in [-0.4, -0.2) is 45.9 Å². The molecule has 2 aromatic carbocycles. The largest absolute Gasteiger partial charge is 0.409 e. The highest BCUT2D eigenvalue weighted by Gasteiger charge is 2.19. The maximum atomic E-state index is 11.6. The van der Waals surface area contributed by atoms with Crippen LogP contribution in [-0.2, 0) is 11.4 Å². The number of nitro groups is 1. The number of hydrogen-bond donors (Lipinski definition) is 1. The minimum atomic E-state index is -0.457. The van der Waals surface area contributed by atoms with Crippen LogP contribution in [0.4, 0.5) is 17.1 Å². The number of nitrogens with one attached hydrogen (secondary N) is 1. The third kappa shape index (κ3) is 4.68. The molecule has 11 heteroatoms. The van der Waals surface area contributed by atoms with E-state index in [2.05, 4.69) is 15.3 Å². The average molecular weight is 448 g/mol. The Morgan fingerprint density at radius 3 is 2.63 bits per heavy atom. The Labute approximate surface area is 182 Å². The zero-order chi connectivity index (χ0) is 21.1. The molecule has 3 aromatic rings. The molecule has 1 aliphatic rings. The minimum absolute atomic E-state index is 0.105. The Hall–Kier alpha value is -2.79. The van der Waals surface area contributed by atoms with Crippen molar-refractivity contribution in [2.24, 2.45) is 0 Å². The summed E-state index contributed by atoms with van der Waals surface area (Å²) in [4.78, 5) is 13.5. The summed E-state index contributed by atoms with van der Waals surface area (Å²) in [5, 5.41) is 19.7. The Morgan fingerprint density at radius 2 is 1.93 bits per heavy atom. The van der Waals surface area contributed by atoms with E-state index >= 15 is 0 Å². The van der Waals surface area contributed by atoms with E-state index in [1.165, 1.54) is 6.07 Å². The van der Waals surface area contributed by atoms with Crippen molar-refractivity contribution in [3.63, 3.8) is 0 Å². The number of nitro benzene ring substituents is 1. The van der Waals surface area contributed by atoms with Gasteiger partial charge in [-0.1, -0.05) is 11.6 Å². The number of ether oxygens (including phenoxy) is 1. The number of rotatable bonds is 6. The van der Waals surface area contributed by atoms with Crippen LogP contribution in [0.25, 0.3) is 11.5 Å². The molecule has 1 aromatic heterocycles. The van der Waals surface area contributed by atoms with Gasteiger partial charge in [0.2, 0.25) is 5.89 Å². The summed E-state index contributed by atoms with van der Waals surface area (Å²) in [6.45, 7) is 3.35. The number of nitrogens with zero attached hydrogens (tertiary/aromatic N) is 4. The van der Waals surface area contributed by atoms with E-state index in [1.54, 1.807) is 41.1 Å². The predicted octanol–water partition coefficient (Wildman–Crippen LogP) is 4.47. The van der Waals surface area contributed by atoms with E-state index in [0.717, 1.165) is 13.1 Å². The second-order valence-electron chi connectivity index (χ2n) is 6.67. The molecular weight excluding hydrogens is 430 g/mol. The highest BCUT2D eigenvalue weighted by Crippen LogP contribution is 2.32. The van der Waals surface area contributed by atoms with Crippen LogP contribution in [0.2, 0.25) is 5.02 Å². The lowest BCUT2D eigenvalue weighted by Crippen LogP contribution is -2.37. The number of aromatic nitrogens is 2. The summed E-state index contributed by atoms with van der Waals surface area (Å²) >= 11 is 11.2. The Morgan fingerprint density at radius 1 is 1.20 bits per heavy atom. The van der Waals surface area contributed by atoms with Crippen LogP contribution in [0.1, 0.15) is 0 Å². The first-order chi connectivity index (χ1) is 14.5. The Kier molecular flexibility index (Phi) is 6.09. The van der Waals surface area contributed by atoms with Crippen molar-refractivity contribution in [2.75, 3.05) is 31.6 Å². The molecular formula is C19H18ClN5O4S. The van der Waals surface area contributed by atoms with Crippen LogP contribution in [0, 0.1) is 15.0 Å². The molecule has 0 radical (unpaired) electrons. The Bertz CT molecular complexity index is 1110. The van der Waals surface area contributed by atoms with Gasteiger partial charge in [0.05, 0.1) is 24.8 Å². The van der Waals surface area contributed by atoms with Gasteiger partial charge in [-0.3, -0.25) is 15.0 Å². The van der Waals surface area contributed by atoms with Crippen LogP contribution < -0.4 is 5.32 Å². The Balaban J connectivity index is 1.59. The van der Waals surface area contributed by atoms with Crippen LogP contribution in [0.3, 0.4) is 0 Å². The lowest BCUT2D eigenvalue weighted by molar-refractivity contribution is -0.383. The minimum Gasteiger partial charge on any atom is -0.409 e. The fourth-order valence-corrected chi connectivity index (χ4v) is 3.36. The summed E-state index contributed by atoms with van der Waals surface area (Å²) in [5.41, 5.74) is 1.39. The van der Waals surface area contributed by atoms with E-state index in [9.17, 15) is 10.1 Å². The molecule has 0 saturated carbocycles. The molecule has 0 amide bonds. The molecule has 30 heavy (non-hydrogen) atoms. The molecule has 1 fully saturated rings. The first kappa shape index (κ1) is 20.5. The second-order valence-corrected chi connectivity index (χ2v) is 7.45. The smallest absolute Gasteiger partial charge is 0.293 e. The fourth-order valence-electron chi connectivity index (χ4n) is 3.05. The molecule has 156 valence electrons. The van der Waals surface area contributed by atoms with Crippen LogP contribution >= 0.6 is 23.8 Å². The van der Waals surface area contributed by atoms with Crippen LogP contribution in [0.5, 0.6) is 0 Å². The number of hydrogen-bond acceptors (Lipinski definition) is 8. The monoisotopic (exact) mass is 447 g/mol. The SMILES string of the molecule is O=[N+]([O-])c1cc(-c2nn(CN3CCOCC3)c(=S)o2)ccc1Nc1ccc(Cl)cc1. The summed E-state index contributed by atoms with van der Waals surface area (Å²) in [6, 6.07) is 11.6. The standard InChI is InChI=1S/C19H18ClN5O4S/c20-14-2-4-15(5-3-14)21-16-6-1-13(11-17(16)25(26)27)18-22-24(19(30)29-18)12-23-7-9-28-10-8-23/h1-6,11,21H,7-10,12H2. The molecule has 1 N–H and O–H groups in total. The van der Waals surface area contributed by atoms with Gasteiger partial charge in [0.15, 0.2) is 0 Å². The maximum Gasteiger partial charge on any atom is 0.293 e. The number of benzene rings is 2. The molecule has 0 unspecified atom stereocenters. The van der Waals surface area contributed by atoms with Crippen molar-refractivity contribution < 1.29 is 14.1 Å². The van der Waals surface area contributed by atoms with E-state index in [0.29, 0.717) is 41.8 Å². The van der Waals surface area contributed by atoms with E-state index < -0.39 is 4.92 Å². The predicted molar refractivity (Wildman–Crippen MR) is 115 cm³/mol. The number of anilines is 2. The average Bonchev–Trinajstić information content (AvgIpc) is 3.11. The highest BCUT2D eigenvalue weighted by molar-refractivity contribution is 7.71. The van der Waals surface area contributed by atoms with Gasteiger partial charge >= 0.3 is 0 Å². The third-order valence-corrected chi connectivity index (χ3v) is 5.15. The summed E-state index contributed by atoms with van der Waals surface area (Å²) < 4.78 is 12.5. The van der Waals surface area contributed by atoms with Gasteiger partial charge in [0.25, 0.3) is 10.5 Å². The maximum absolute atomic E-state index is 11.6. The molecule has 9 nitrogen and oxygen atoms in total. The van der Waals surface area contributed by atoms with Gasteiger partial charge in [-0.05, 0) is 48.6 Å². The zero-order valence-electron chi connectivity index (χ0n) is 15.8. The van der Waals surface area contributed by atoms with E-state index in [1.807, 2.05) is 0 Å². The molecule has 4 rings (SSSR count). The summed E-state index contributed by atoms with van der Waals surface area (Å²) in [6.07, 6.45) is 0. The number of morpholine rings is 1. The van der Waals surface area contributed by atoms with E-state index in [-0.39, 0.29) is 16.4 Å². The molecule has 1 aliphatic heterocycles. The molecule has 0 aliphatic carbocycles. The van der Waals surface area contributed by atoms with Crippen molar-refractivity contribution in [1.29, 1.82) is 0 Å². The van der Waals surface area contributed by atoms with Gasteiger partial charge in [0.1, 0.15) is 5.69 Å². The molecule has 0 atom stereocenters. The lowest BCUT2D eigenvalue weighted by Gasteiger charge is -2.25. The molecule has 0 bridgehead atoms. The topological polar surface area (TPSA) is 98.6 Å². The van der Waals surface area contributed by atoms with Crippen molar-refractivity contribution in [3.8, 4) is 11.5 Å². The first-order valence-corrected chi connectivity index (χ1v) is 9.98. The lowest BCUT2D eigenvalue weighted by atomic mass is 10.1. The van der Waals surface area contributed by atoms with Crippen molar-refractivity contribution in [2.45, 2.75) is 6.67 Å². The zero-order valence-corrected chi connectivity index (χ0v) is 17.4. The molecule has 1 saturated heterocycles. The first-order valence-electron chi connectivity index (χ1n) is 9.19. The highest BCUT2D eigenvalue weighted by atomic mass is 35.5. The summed E-state index contributed by atoms with van der Waals surface area (Å²) in [7, 11) is 0. The molecule has 2 heterocycles. The van der Waals surface area contributed by atoms with Gasteiger partial charge in [-0.15, -0.1) is 5.10 Å². The normalized spacial score (nSPS) is 14.6. The van der Waals surface area contributed by atoms with Crippen molar-refractivity contribution in [3.05, 3.63) is 62.4 Å². The second kappa shape index (κ2) is 8.92. The quantitative estimate of drug-likeness (QED) is 0.336. The number of halogens is 1. The van der Waals surface area contributed by atoms with Gasteiger partial charge in [0, 0.05) is 35.4 Å². The fraction of sp³-hybridized carbons (Fsp3) is 0.263. The summed E-state index contributed by atoms with van der Waals surface area (Å²) in [5.74, 6) is 0.231. The third-order valence-electron chi connectivity index (χ3n) is 4.61. The van der Waals surface area contributed by atoms with Crippen molar-refractivity contribution >= 4 is 40.9 Å². The van der Waals surface area contributed by atoms with Crippen molar-refractivity contribution in [1.82, 2.24) is 14.7 Å². The van der Waals surface area contributed by atoms with E-state index in [4.69, 9.17) is 33.0 Å².